The molecule has 0 aromatic carbocycles. The molecule has 6 rings (SSSR count). The Bertz CT molecular complexity index is 1650. The Morgan fingerprint density at radius 3 is 2.74 bits per heavy atom. The number of fused-ring (bicyclic) bond motifs is 2. The highest BCUT2D eigenvalue weighted by Crippen LogP contribution is 2.34. The predicted octanol–water partition coefficient (Wildman–Crippen LogP) is 5.17. The number of furan rings is 1. The molecule has 6 aromatic heterocycles. The Morgan fingerprint density at radius 1 is 1.00 bits per heavy atom. The van der Waals surface area contributed by atoms with Crippen LogP contribution in [0.2, 0.25) is 0 Å². The molecule has 0 aliphatic rings. The number of carbonyl (C=O) groups is 1. The van der Waals surface area contributed by atoms with Crippen molar-refractivity contribution in [3.63, 3.8) is 0 Å². The van der Waals surface area contributed by atoms with Crippen molar-refractivity contribution in [2.45, 2.75) is 13.3 Å². The van der Waals surface area contributed by atoms with Crippen molar-refractivity contribution < 1.29 is 9.21 Å². The van der Waals surface area contributed by atoms with E-state index in [0.717, 1.165) is 49.9 Å². The molecule has 0 aliphatic carbocycles. The van der Waals surface area contributed by atoms with Crippen molar-refractivity contribution in [3.05, 3.63) is 67.8 Å². The summed E-state index contributed by atoms with van der Waals surface area (Å²) in [4.78, 5) is 28.4. The van der Waals surface area contributed by atoms with Gasteiger partial charge in [-0.3, -0.25) is 19.9 Å². The summed E-state index contributed by atoms with van der Waals surface area (Å²) >= 11 is 0. The molecule has 0 fully saturated rings. The Labute approximate surface area is 193 Å². The van der Waals surface area contributed by atoms with Gasteiger partial charge < -0.3 is 14.7 Å². The maximum atomic E-state index is 11.8. The number of nitrogens with one attached hydrogen (secondary N) is 3. The number of hydrogen-bond donors (Lipinski definition) is 3. The van der Waals surface area contributed by atoms with Crippen LogP contribution in [0.3, 0.4) is 0 Å². The Balaban J connectivity index is 1.43. The zero-order valence-corrected chi connectivity index (χ0v) is 18.2. The summed E-state index contributed by atoms with van der Waals surface area (Å²) in [5.74, 6) is -0.0623. The lowest BCUT2D eigenvalue weighted by atomic mass is 10.1. The van der Waals surface area contributed by atoms with E-state index in [1.54, 1.807) is 37.3 Å². The zero-order valence-electron chi connectivity index (χ0n) is 18.2. The number of anilines is 1. The molecular weight excluding hydrogens is 430 g/mol. The van der Waals surface area contributed by atoms with Crippen LogP contribution in [-0.2, 0) is 4.79 Å². The van der Waals surface area contributed by atoms with E-state index < -0.39 is 0 Å². The minimum absolute atomic E-state index is 0.0623. The SMILES string of the molecule is CCC(=O)Nc1cncc(-c2cnc3n[nH]c(-c4cc5c(-c6ccoc6)cncc5[nH]4)c3c2)c1. The Hall–Kier alpha value is -4.79. The Kier molecular flexibility index (Phi) is 4.65. The summed E-state index contributed by atoms with van der Waals surface area (Å²) in [5.41, 5.74) is 7.51. The van der Waals surface area contributed by atoms with E-state index in [1.807, 2.05) is 31.3 Å². The van der Waals surface area contributed by atoms with E-state index in [9.17, 15) is 4.79 Å². The van der Waals surface area contributed by atoms with Gasteiger partial charge in [-0.25, -0.2) is 4.98 Å². The average Bonchev–Trinajstić information content (AvgIpc) is 3.62. The molecule has 0 saturated carbocycles. The lowest BCUT2D eigenvalue weighted by Crippen LogP contribution is -2.09. The maximum Gasteiger partial charge on any atom is 0.224 e. The number of amides is 1. The summed E-state index contributed by atoms with van der Waals surface area (Å²) in [6.07, 6.45) is 12.5. The fourth-order valence-corrected chi connectivity index (χ4v) is 4.01. The molecule has 0 bridgehead atoms. The van der Waals surface area contributed by atoms with Crippen molar-refractivity contribution in [3.8, 4) is 33.6 Å². The summed E-state index contributed by atoms with van der Waals surface area (Å²) in [7, 11) is 0. The lowest BCUT2D eigenvalue weighted by molar-refractivity contribution is -0.115. The van der Waals surface area contributed by atoms with Crippen molar-refractivity contribution >= 4 is 33.5 Å². The number of rotatable bonds is 5. The molecule has 34 heavy (non-hydrogen) atoms. The third-order valence-corrected chi connectivity index (χ3v) is 5.73. The number of H-pyrrole nitrogens is 2. The van der Waals surface area contributed by atoms with E-state index in [0.29, 0.717) is 17.8 Å². The van der Waals surface area contributed by atoms with Gasteiger partial charge in [0, 0.05) is 58.0 Å². The first-order valence-corrected chi connectivity index (χ1v) is 10.8. The lowest BCUT2D eigenvalue weighted by Gasteiger charge is -2.06. The van der Waals surface area contributed by atoms with E-state index >= 15 is 0 Å². The second-order valence-corrected chi connectivity index (χ2v) is 7.90. The van der Waals surface area contributed by atoms with Gasteiger partial charge >= 0.3 is 0 Å². The standard InChI is InChI=1S/C25H19N7O2/c1-2-23(33)29-17-5-15(8-26-10-17)16-6-19-24(31-32-25(19)28-9-16)21-7-18-20(14-3-4-34-13-14)11-27-12-22(18)30-21/h3-13,30H,2H2,1H3,(H,29,33)(H,28,31,32). The third-order valence-electron chi connectivity index (χ3n) is 5.73. The monoisotopic (exact) mass is 449 g/mol. The Morgan fingerprint density at radius 2 is 1.88 bits per heavy atom. The van der Waals surface area contributed by atoms with Crippen LogP contribution in [0.15, 0.2) is 72.2 Å². The highest BCUT2D eigenvalue weighted by Gasteiger charge is 2.15. The summed E-state index contributed by atoms with van der Waals surface area (Å²) in [6, 6.07) is 7.89. The quantitative estimate of drug-likeness (QED) is 0.333. The van der Waals surface area contributed by atoms with E-state index in [-0.39, 0.29) is 5.91 Å². The largest absolute Gasteiger partial charge is 0.472 e. The zero-order chi connectivity index (χ0) is 23.1. The van der Waals surface area contributed by atoms with Crippen molar-refractivity contribution in [2.75, 3.05) is 5.32 Å². The first kappa shape index (κ1) is 19.9. The number of pyridine rings is 3. The molecule has 0 radical (unpaired) electrons. The van der Waals surface area contributed by atoms with Gasteiger partial charge in [0.05, 0.1) is 47.5 Å². The first-order chi connectivity index (χ1) is 16.7. The van der Waals surface area contributed by atoms with Crippen LogP contribution in [-0.4, -0.2) is 36.0 Å². The van der Waals surface area contributed by atoms with E-state index in [2.05, 4.69) is 41.5 Å². The first-order valence-electron chi connectivity index (χ1n) is 10.8. The molecule has 1 amide bonds. The fourth-order valence-electron chi connectivity index (χ4n) is 4.01. The summed E-state index contributed by atoms with van der Waals surface area (Å²) in [6.45, 7) is 1.81. The van der Waals surface area contributed by atoms with Crippen LogP contribution in [0.25, 0.3) is 55.6 Å². The molecule has 166 valence electrons. The van der Waals surface area contributed by atoms with Crippen LogP contribution in [0.4, 0.5) is 5.69 Å². The fraction of sp³-hybridized carbons (Fsp3) is 0.0800. The van der Waals surface area contributed by atoms with Gasteiger partial charge in [0.2, 0.25) is 5.91 Å². The average molecular weight is 449 g/mol. The van der Waals surface area contributed by atoms with Crippen LogP contribution in [0, 0.1) is 0 Å². The number of carbonyl (C=O) groups excluding carboxylic acids is 1. The highest BCUT2D eigenvalue weighted by atomic mass is 16.3. The molecule has 0 spiro atoms. The normalized spacial score (nSPS) is 11.3. The van der Waals surface area contributed by atoms with Crippen molar-refractivity contribution in [1.82, 2.24) is 30.1 Å². The molecule has 3 N–H and O–H groups in total. The topological polar surface area (TPSA) is 125 Å². The smallest absolute Gasteiger partial charge is 0.224 e. The van der Waals surface area contributed by atoms with E-state index in [1.165, 1.54) is 0 Å². The van der Waals surface area contributed by atoms with Crippen LogP contribution >= 0.6 is 0 Å². The van der Waals surface area contributed by atoms with Gasteiger partial charge in [-0.1, -0.05) is 6.92 Å². The number of hydrogen-bond acceptors (Lipinski definition) is 6. The minimum Gasteiger partial charge on any atom is -0.472 e. The van der Waals surface area contributed by atoms with Crippen molar-refractivity contribution in [2.24, 2.45) is 0 Å². The summed E-state index contributed by atoms with van der Waals surface area (Å²) < 4.78 is 5.25. The summed E-state index contributed by atoms with van der Waals surface area (Å²) in [5, 5.41) is 12.2. The second kappa shape index (κ2) is 7.96. The van der Waals surface area contributed by atoms with Gasteiger partial charge in [-0.2, -0.15) is 5.10 Å². The van der Waals surface area contributed by atoms with Gasteiger partial charge in [0.15, 0.2) is 5.65 Å². The molecular formula is C25H19N7O2. The molecule has 9 nitrogen and oxygen atoms in total. The molecule has 6 heterocycles. The molecule has 6 aromatic rings. The van der Waals surface area contributed by atoms with Crippen LogP contribution in [0.1, 0.15) is 13.3 Å². The third kappa shape index (κ3) is 3.39. The van der Waals surface area contributed by atoms with Crippen LogP contribution in [0.5, 0.6) is 0 Å². The van der Waals surface area contributed by atoms with Gasteiger partial charge in [-0.05, 0) is 24.3 Å². The molecule has 0 saturated heterocycles. The molecule has 0 unspecified atom stereocenters. The number of aromatic amines is 2. The van der Waals surface area contributed by atoms with Crippen molar-refractivity contribution in [1.29, 1.82) is 0 Å². The predicted molar refractivity (Wildman–Crippen MR) is 129 cm³/mol. The van der Waals surface area contributed by atoms with Crippen LogP contribution < -0.4 is 5.32 Å². The van der Waals surface area contributed by atoms with Gasteiger partial charge in [0.1, 0.15) is 0 Å². The van der Waals surface area contributed by atoms with E-state index in [4.69, 9.17) is 4.42 Å². The number of aromatic nitrogens is 6. The van der Waals surface area contributed by atoms with Gasteiger partial charge in [-0.15, -0.1) is 0 Å². The molecule has 0 aliphatic heterocycles. The number of nitrogens with zero attached hydrogens (tertiary/aromatic N) is 4. The highest BCUT2D eigenvalue weighted by molar-refractivity contribution is 6.00. The second-order valence-electron chi connectivity index (χ2n) is 7.90. The molecule has 9 heteroatoms. The van der Waals surface area contributed by atoms with Gasteiger partial charge in [0.25, 0.3) is 0 Å². The molecule has 0 atom stereocenters. The maximum absolute atomic E-state index is 11.8. The minimum atomic E-state index is -0.0623.